The number of amides is 2. The lowest BCUT2D eigenvalue weighted by Crippen LogP contribution is -2.39. The first-order valence-electron chi connectivity index (χ1n) is 12.0. The van der Waals surface area contributed by atoms with Crippen molar-refractivity contribution in [2.75, 3.05) is 26.9 Å². The number of benzene rings is 3. The average molecular weight is 538 g/mol. The van der Waals surface area contributed by atoms with Gasteiger partial charge in [0.15, 0.2) is 11.5 Å². The molecule has 1 atom stereocenters. The maximum atomic E-state index is 13.6. The van der Waals surface area contributed by atoms with E-state index in [0.717, 1.165) is 10.9 Å². The van der Waals surface area contributed by atoms with Crippen LogP contribution in [0.2, 0.25) is 5.02 Å². The number of aromatic amines is 1. The zero-order valence-corrected chi connectivity index (χ0v) is 21.2. The second kappa shape index (κ2) is 10.7. The van der Waals surface area contributed by atoms with Gasteiger partial charge >= 0.3 is 0 Å². The van der Waals surface area contributed by atoms with Crippen LogP contribution in [0.4, 0.5) is 4.39 Å². The molecular formula is C28H25ClFN3O5. The number of halogens is 2. The van der Waals surface area contributed by atoms with Gasteiger partial charge < -0.3 is 30.2 Å². The summed E-state index contributed by atoms with van der Waals surface area (Å²) in [4.78, 5) is 28.5. The molecule has 196 valence electrons. The predicted octanol–water partition coefficient (Wildman–Crippen LogP) is 4.09. The smallest absolute Gasteiger partial charge is 0.255 e. The van der Waals surface area contributed by atoms with Crippen molar-refractivity contribution in [2.24, 2.45) is 0 Å². The van der Waals surface area contributed by atoms with Gasteiger partial charge in [0, 0.05) is 24.1 Å². The zero-order chi connectivity index (χ0) is 26.8. The molecular weight excluding hydrogens is 513 g/mol. The van der Waals surface area contributed by atoms with E-state index >= 15 is 0 Å². The summed E-state index contributed by atoms with van der Waals surface area (Å²) in [6.45, 7) is 0.304. The highest BCUT2D eigenvalue weighted by Gasteiger charge is 2.25. The number of nitrogens with one attached hydrogen (secondary N) is 3. The van der Waals surface area contributed by atoms with Crippen molar-refractivity contribution in [3.8, 4) is 22.6 Å². The molecule has 5 rings (SSSR count). The second-order valence-corrected chi connectivity index (χ2v) is 9.29. The Labute approximate surface area is 222 Å². The molecule has 4 aromatic rings. The predicted molar refractivity (Wildman–Crippen MR) is 142 cm³/mol. The maximum absolute atomic E-state index is 13.6. The number of aromatic nitrogens is 1. The van der Waals surface area contributed by atoms with Crippen LogP contribution in [0, 0.1) is 5.82 Å². The number of aliphatic hydroxyl groups is 1. The molecule has 0 fully saturated rings. The fourth-order valence-electron chi connectivity index (χ4n) is 4.52. The molecule has 1 unspecified atom stereocenters. The van der Waals surface area contributed by atoms with Gasteiger partial charge in [-0.25, -0.2) is 4.39 Å². The standard InChI is InChI=1S/C28H25ClFN3O5/c1-31-27(35)21-4-2-15(10-23(21)29)16-9-22(26-25(11-16)37-6-7-38-26)28(36)33-19(14-34)8-17-13-32-24-12-18(30)3-5-20(17)24/h2-5,9-13,19,32,34H,6-8,14H2,1H3,(H,31,35)(H,33,36). The summed E-state index contributed by atoms with van der Waals surface area (Å²) in [5.74, 6) is -0.394. The molecule has 0 saturated heterocycles. The highest BCUT2D eigenvalue weighted by atomic mass is 35.5. The van der Waals surface area contributed by atoms with Crippen LogP contribution in [-0.4, -0.2) is 54.8 Å². The van der Waals surface area contributed by atoms with Crippen LogP contribution in [0.1, 0.15) is 26.3 Å². The summed E-state index contributed by atoms with van der Waals surface area (Å²) in [5, 5.41) is 16.5. The van der Waals surface area contributed by atoms with Crippen molar-refractivity contribution in [1.29, 1.82) is 0 Å². The third kappa shape index (κ3) is 5.03. The number of hydrogen-bond donors (Lipinski definition) is 4. The van der Waals surface area contributed by atoms with Crippen molar-refractivity contribution >= 4 is 34.3 Å². The van der Waals surface area contributed by atoms with Crippen molar-refractivity contribution < 1.29 is 28.6 Å². The van der Waals surface area contributed by atoms with Gasteiger partial charge in [0.2, 0.25) is 0 Å². The highest BCUT2D eigenvalue weighted by molar-refractivity contribution is 6.34. The number of H-pyrrole nitrogens is 1. The number of carbonyl (C=O) groups is 2. The zero-order valence-electron chi connectivity index (χ0n) is 20.4. The molecule has 0 saturated carbocycles. The molecule has 1 aromatic heterocycles. The molecule has 0 bridgehead atoms. The van der Waals surface area contributed by atoms with Crippen molar-refractivity contribution in [3.63, 3.8) is 0 Å². The average Bonchev–Trinajstić information content (AvgIpc) is 3.32. The lowest BCUT2D eigenvalue weighted by Gasteiger charge is -2.23. The summed E-state index contributed by atoms with van der Waals surface area (Å²) >= 11 is 6.36. The lowest BCUT2D eigenvalue weighted by atomic mass is 9.99. The molecule has 1 aliphatic heterocycles. The largest absolute Gasteiger partial charge is 0.486 e. The highest BCUT2D eigenvalue weighted by Crippen LogP contribution is 2.39. The van der Waals surface area contributed by atoms with Crippen LogP contribution in [-0.2, 0) is 6.42 Å². The molecule has 2 heterocycles. The summed E-state index contributed by atoms with van der Waals surface area (Å²) in [6, 6.07) is 12.2. The van der Waals surface area contributed by atoms with E-state index < -0.39 is 11.9 Å². The molecule has 0 spiro atoms. The SMILES string of the molecule is CNC(=O)c1ccc(-c2cc3c(c(C(=O)NC(CO)Cc4c[nH]c5cc(F)ccc45)c2)OCCO3)cc1Cl. The summed E-state index contributed by atoms with van der Waals surface area (Å²) in [6.07, 6.45) is 2.06. The first-order valence-corrected chi connectivity index (χ1v) is 12.4. The maximum Gasteiger partial charge on any atom is 0.255 e. The Hall–Kier alpha value is -4.08. The minimum Gasteiger partial charge on any atom is -0.486 e. The fraction of sp³-hybridized carbons (Fsp3) is 0.214. The minimum absolute atomic E-state index is 0.239. The Balaban J connectivity index is 1.44. The molecule has 1 aliphatic rings. The number of hydrogen-bond acceptors (Lipinski definition) is 5. The Morgan fingerprint density at radius 2 is 1.87 bits per heavy atom. The van der Waals surface area contributed by atoms with Gasteiger partial charge in [-0.15, -0.1) is 0 Å². The van der Waals surface area contributed by atoms with E-state index in [1.54, 1.807) is 42.6 Å². The molecule has 38 heavy (non-hydrogen) atoms. The van der Waals surface area contributed by atoms with Crippen molar-refractivity contribution in [2.45, 2.75) is 12.5 Å². The van der Waals surface area contributed by atoms with Gasteiger partial charge in [-0.1, -0.05) is 17.7 Å². The van der Waals surface area contributed by atoms with E-state index in [1.807, 2.05) is 0 Å². The molecule has 2 amide bonds. The Bertz CT molecular complexity index is 1540. The van der Waals surface area contributed by atoms with Crippen LogP contribution in [0.5, 0.6) is 11.5 Å². The third-order valence-electron chi connectivity index (χ3n) is 6.41. The summed E-state index contributed by atoms with van der Waals surface area (Å²) < 4.78 is 25.1. The number of aliphatic hydroxyl groups excluding tert-OH is 1. The monoisotopic (exact) mass is 537 g/mol. The summed E-state index contributed by atoms with van der Waals surface area (Å²) in [7, 11) is 1.52. The van der Waals surface area contributed by atoms with Gasteiger partial charge in [-0.3, -0.25) is 9.59 Å². The van der Waals surface area contributed by atoms with Gasteiger partial charge in [-0.05, 0) is 65.6 Å². The first-order chi connectivity index (χ1) is 18.4. The van der Waals surface area contributed by atoms with Crippen LogP contribution in [0.25, 0.3) is 22.0 Å². The second-order valence-electron chi connectivity index (χ2n) is 8.88. The normalized spacial score (nSPS) is 13.3. The molecule has 4 N–H and O–H groups in total. The van der Waals surface area contributed by atoms with Gasteiger partial charge in [0.1, 0.15) is 19.0 Å². The Morgan fingerprint density at radius 1 is 1.05 bits per heavy atom. The Kier molecular flexibility index (Phi) is 7.22. The van der Waals surface area contributed by atoms with Crippen LogP contribution in [0.15, 0.2) is 54.7 Å². The van der Waals surface area contributed by atoms with E-state index in [1.165, 1.54) is 19.2 Å². The van der Waals surface area contributed by atoms with Crippen molar-refractivity contribution in [1.82, 2.24) is 15.6 Å². The number of fused-ring (bicyclic) bond motifs is 2. The minimum atomic E-state index is -0.614. The molecule has 0 aliphatic carbocycles. The van der Waals surface area contributed by atoms with E-state index in [9.17, 15) is 19.1 Å². The topological polar surface area (TPSA) is 113 Å². The fourth-order valence-corrected chi connectivity index (χ4v) is 4.79. The lowest BCUT2D eigenvalue weighted by molar-refractivity contribution is 0.0905. The molecule has 10 heteroatoms. The Morgan fingerprint density at radius 3 is 2.63 bits per heavy atom. The third-order valence-corrected chi connectivity index (χ3v) is 6.72. The van der Waals surface area contributed by atoms with Crippen molar-refractivity contribution in [3.05, 3.63) is 82.3 Å². The number of carbonyl (C=O) groups excluding carboxylic acids is 2. The molecule has 3 aromatic carbocycles. The van der Waals surface area contributed by atoms with Gasteiger partial charge in [0.05, 0.1) is 28.8 Å². The van der Waals surface area contributed by atoms with Gasteiger partial charge in [-0.2, -0.15) is 0 Å². The van der Waals surface area contributed by atoms with Crippen LogP contribution in [0.3, 0.4) is 0 Å². The van der Waals surface area contributed by atoms with Gasteiger partial charge in [0.25, 0.3) is 11.8 Å². The van der Waals surface area contributed by atoms with Crippen LogP contribution >= 0.6 is 11.6 Å². The van der Waals surface area contributed by atoms with E-state index in [0.29, 0.717) is 46.7 Å². The summed E-state index contributed by atoms with van der Waals surface area (Å²) in [5.41, 5.74) is 3.36. The van der Waals surface area contributed by atoms with Crippen LogP contribution < -0.4 is 20.1 Å². The first kappa shape index (κ1) is 25.6. The molecule has 8 nitrogen and oxygen atoms in total. The van der Waals surface area contributed by atoms with E-state index in [2.05, 4.69) is 15.6 Å². The van der Waals surface area contributed by atoms with E-state index in [-0.39, 0.29) is 35.5 Å². The molecule has 0 radical (unpaired) electrons. The quantitative estimate of drug-likeness (QED) is 0.284. The number of ether oxygens (including phenoxy) is 2. The number of rotatable bonds is 7. The van der Waals surface area contributed by atoms with E-state index in [4.69, 9.17) is 21.1 Å².